The molecule has 32 heavy (non-hydrogen) atoms. The number of rotatable bonds is 11. The van der Waals surface area contributed by atoms with E-state index in [1.807, 2.05) is 0 Å². The summed E-state index contributed by atoms with van der Waals surface area (Å²) in [6.45, 7) is 7.85. The van der Waals surface area contributed by atoms with Gasteiger partial charge in [0.15, 0.2) is 0 Å². The molecule has 1 atom stereocenters. The number of unbranched alkanes of at least 4 members (excludes halogenated alkanes) is 3. The number of benzene rings is 2. The van der Waals surface area contributed by atoms with E-state index in [0.29, 0.717) is 0 Å². The van der Waals surface area contributed by atoms with Gasteiger partial charge in [-0.05, 0) is 31.5 Å². The van der Waals surface area contributed by atoms with Crippen LogP contribution in [0.1, 0.15) is 56.8 Å². The second-order valence-electron chi connectivity index (χ2n) is 8.59. The van der Waals surface area contributed by atoms with Gasteiger partial charge in [-0.25, -0.2) is 0 Å². The van der Waals surface area contributed by atoms with Crippen LogP contribution < -0.4 is 5.32 Å². The number of nitrogens with zero attached hydrogens (tertiary/aromatic N) is 1. The summed E-state index contributed by atoms with van der Waals surface area (Å²) in [5.41, 5.74) is 4.56. The van der Waals surface area contributed by atoms with Crippen LogP contribution in [0.15, 0.2) is 53.4 Å². The Morgan fingerprint density at radius 3 is 2.62 bits per heavy atom. The predicted molar refractivity (Wildman–Crippen MR) is 136 cm³/mol. The number of H-pyrrole nitrogens is 1. The van der Waals surface area contributed by atoms with Gasteiger partial charge in [0.25, 0.3) is 0 Å². The van der Waals surface area contributed by atoms with E-state index in [2.05, 4.69) is 77.6 Å². The molecule has 1 aromatic heterocycles. The third-order valence-corrected chi connectivity index (χ3v) is 7.50. The average Bonchev–Trinajstić information content (AvgIpc) is 3.22. The van der Waals surface area contributed by atoms with Crippen LogP contribution in [-0.2, 0) is 4.79 Å². The fourth-order valence-electron chi connectivity index (χ4n) is 4.53. The Kier molecular flexibility index (Phi) is 7.93. The van der Waals surface area contributed by atoms with Crippen molar-refractivity contribution in [2.24, 2.45) is 0 Å². The fraction of sp³-hybridized carbons (Fsp3) is 0.444. The van der Waals surface area contributed by atoms with Crippen molar-refractivity contribution in [3.63, 3.8) is 0 Å². The van der Waals surface area contributed by atoms with Crippen LogP contribution >= 0.6 is 11.8 Å². The van der Waals surface area contributed by atoms with Crippen LogP contribution in [0, 0.1) is 0 Å². The van der Waals surface area contributed by atoms with Crippen molar-refractivity contribution in [3.8, 4) is 11.3 Å². The van der Waals surface area contributed by atoms with Gasteiger partial charge in [-0.15, -0.1) is 11.8 Å². The van der Waals surface area contributed by atoms with Crippen molar-refractivity contribution in [1.29, 1.82) is 0 Å². The number of fused-ring (bicyclic) bond motifs is 5. The molecule has 0 saturated carbocycles. The van der Waals surface area contributed by atoms with E-state index in [-0.39, 0.29) is 11.2 Å². The molecule has 0 bridgehead atoms. The Balaban J connectivity index is 1.65. The number of amides is 1. The quantitative estimate of drug-likeness (QED) is 0.333. The largest absolute Gasteiger partial charge is 0.354 e. The third-order valence-electron chi connectivity index (χ3n) is 6.21. The van der Waals surface area contributed by atoms with Crippen LogP contribution in [0.2, 0.25) is 0 Å². The van der Waals surface area contributed by atoms with E-state index in [0.717, 1.165) is 61.2 Å². The number of carbonyl (C=O) groups excluding carboxylic acids is 1. The van der Waals surface area contributed by atoms with Gasteiger partial charge in [0.05, 0.1) is 5.69 Å². The molecule has 0 spiro atoms. The summed E-state index contributed by atoms with van der Waals surface area (Å²) in [4.78, 5) is 20.9. The van der Waals surface area contributed by atoms with Crippen molar-refractivity contribution in [2.45, 2.75) is 56.1 Å². The number of carbonyl (C=O) groups is 1. The Morgan fingerprint density at radius 1 is 0.969 bits per heavy atom. The van der Waals surface area contributed by atoms with E-state index < -0.39 is 0 Å². The first-order chi connectivity index (χ1) is 15.7. The summed E-state index contributed by atoms with van der Waals surface area (Å²) in [5.74, 6) is 0.241. The molecular weight excluding hydrogens is 414 g/mol. The maximum Gasteiger partial charge on any atom is 0.240 e. The number of para-hydroxylation sites is 1. The summed E-state index contributed by atoms with van der Waals surface area (Å²) in [5, 5.41) is 4.43. The molecule has 1 aliphatic rings. The smallest absolute Gasteiger partial charge is 0.240 e. The SMILES string of the molecule is CCCCCCN(CCNCCC)C(=O)C1Sc2ccccc2-c2[nH]c3ccccc3c21. The van der Waals surface area contributed by atoms with Gasteiger partial charge < -0.3 is 15.2 Å². The zero-order chi connectivity index (χ0) is 22.3. The maximum absolute atomic E-state index is 14.0. The third kappa shape index (κ3) is 4.89. The second kappa shape index (κ2) is 11.1. The first-order valence-corrected chi connectivity index (χ1v) is 13.0. The lowest BCUT2D eigenvalue weighted by molar-refractivity contribution is -0.130. The molecular formula is C27H35N3OS. The lowest BCUT2D eigenvalue weighted by Gasteiger charge is -2.30. The topological polar surface area (TPSA) is 48.1 Å². The molecule has 0 radical (unpaired) electrons. The van der Waals surface area contributed by atoms with Gasteiger partial charge in [0.2, 0.25) is 5.91 Å². The molecule has 1 amide bonds. The molecule has 0 fully saturated rings. The minimum atomic E-state index is -0.214. The van der Waals surface area contributed by atoms with Crippen LogP contribution in [0.25, 0.3) is 22.2 Å². The summed E-state index contributed by atoms with van der Waals surface area (Å²) in [6.07, 6.45) is 5.80. The van der Waals surface area contributed by atoms with E-state index >= 15 is 0 Å². The lowest BCUT2D eigenvalue weighted by Crippen LogP contribution is -2.40. The minimum Gasteiger partial charge on any atom is -0.354 e. The van der Waals surface area contributed by atoms with Gasteiger partial charge >= 0.3 is 0 Å². The highest BCUT2D eigenvalue weighted by Crippen LogP contribution is 2.51. The molecule has 2 N–H and O–H groups in total. The molecule has 2 heterocycles. The number of thioether (sulfide) groups is 1. The van der Waals surface area contributed by atoms with E-state index in [4.69, 9.17) is 0 Å². The summed E-state index contributed by atoms with van der Waals surface area (Å²) in [7, 11) is 0. The van der Waals surface area contributed by atoms with E-state index in [9.17, 15) is 4.79 Å². The van der Waals surface area contributed by atoms with Crippen LogP contribution in [0.4, 0.5) is 0 Å². The number of hydrogen-bond acceptors (Lipinski definition) is 3. The number of aromatic amines is 1. The molecule has 4 nitrogen and oxygen atoms in total. The van der Waals surface area contributed by atoms with Gasteiger partial charge in [-0.2, -0.15) is 0 Å². The summed E-state index contributed by atoms with van der Waals surface area (Å²) >= 11 is 1.71. The number of hydrogen-bond donors (Lipinski definition) is 2. The molecule has 0 saturated heterocycles. The molecule has 3 aromatic rings. The molecule has 5 heteroatoms. The Hall–Kier alpha value is -2.24. The Labute approximate surface area is 196 Å². The average molecular weight is 450 g/mol. The molecule has 170 valence electrons. The first-order valence-electron chi connectivity index (χ1n) is 12.1. The normalized spacial score (nSPS) is 14.9. The zero-order valence-corrected chi connectivity index (χ0v) is 20.1. The molecule has 1 aliphatic heterocycles. The Morgan fingerprint density at radius 2 is 1.78 bits per heavy atom. The van der Waals surface area contributed by atoms with Gasteiger partial charge in [0.1, 0.15) is 5.25 Å². The molecule has 2 aromatic carbocycles. The lowest BCUT2D eigenvalue weighted by atomic mass is 10.0. The van der Waals surface area contributed by atoms with Crippen molar-refractivity contribution < 1.29 is 4.79 Å². The number of nitrogens with one attached hydrogen (secondary N) is 2. The van der Waals surface area contributed by atoms with E-state index in [1.165, 1.54) is 29.7 Å². The van der Waals surface area contributed by atoms with Crippen molar-refractivity contribution in [2.75, 3.05) is 26.2 Å². The van der Waals surface area contributed by atoms with Crippen molar-refractivity contribution in [1.82, 2.24) is 15.2 Å². The molecule has 4 rings (SSSR count). The standard InChI is InChI=1S/C27H35N3OS/c1-3-5-6-11-18-30(19-17-28-16-4-2)27(31)26-24-20-12-7-9-14-22(20)29-25(24)21-13-8-10-15-23(21)32-26/h7-10,12-15,26,28-29H,3-6,11,16-19H2,1-2H3. The van der Waals surface area contributed by atoms with Gasteiger partial charge in [-0.3, -0.25) is 4.79 Å². The van der Waals surface area contributed by atoms with Crippen LogP contribution in [-0.4, -0.2) is 42.0 Å². The second-order valence-corrected chi connectivity index (χ2v) is 9.74. The first kappa shape index (κ1) is 22.9. The molecule has 0 aliphatic carbocycles. The minimum absolute atomic E-state index is 0.214. The maximum atomic E-state index is 14.0. The highest BCUT2D eigenvalue weighted by molar-refractivity contribution is 8.00. The van der Waals surface area contributed by atoms with Gasteiger partial charge in [0, 0.05) is 46.6 Å². The Bertz CT molecular complexity index is 1030. The molecule has 1 unspecified atom stereocenters. The highest BCUT2D eigenvalue weighted by Gasteiger charge is 2.35. The van der Waals surface area contributed by atoms with Crippen LogP contribution in [0.3, 0.4) is 0 Å². The van der Waals surface area contributed by atoms with Crippen LogP contribution in [0.5, 0.6) is 0 Å². The monoisotopic (exact) mass is 449 g/mol. The van der Waals surface area contributed by atoms with Crippen molar-refractivity contribution in [3.05, 3.63) is 54.1 Å². The van der Waals surface area contributed by atoms with Gasteiger partial charge in [-0.1, -0.05) is 69.5 Å². The predicted octanol–water partition coefficient (Wildman–Crippen LogP) is 6.39. The zero-order valence-electron chi connectivity index (χ0n) is 19.3. The fourth-order valence-corrected chi connectivity index (χ4v) is 5.85. The summed E-state index contributed by atoms with van der Waals surface area (Å²) in [6, 6.07) is 16.8. The number of aromatic nitrogens is 1. The highest BCUT2D eigenvalue weighted by atomic mass is 32.2. The van der Waals surface area contributed by atoms with E-state index in [1.54, 1.807) is 11.8 Å². The summed E-state index contributed by atoms with van der Waals surface area (Å²) < 4.78 is 0. The van der Waals surface area contributed by atoms with Crippen molar-refractivity contribution >= 4 is 28.6 Å².